The minimum Gasteiger partial charge on any atom is -0.313 e. The Morgan fingerprint density at radius 3 is 2.93 bits per heavy atom. The summed E-state index contributed by atoms with van der Waals surface area (Å²) >= 11 is 1.93. The number of hydrogen-bond donors (Lipinski definition) is 1. The Morgan fingerprint density at radius 2 is 2.36 bits per heavy atom. The minimum absolute atomic E-state index is 0.415. The van der Waals surface area contributed by atoms with Crippen molar-refractivity contribution in [1.29, 1.82) is 0 Å². The maximum Gasteiger partial charge on any atom is 0.165 e. The molecule has 0 bridgehead atoms. The Hall–Kier alpha value is -0.620. The molecule has 0 saturated heterocycles. The lowest BCUT2D eigenvalue weighted by Gasteiger charge is -2.12. The Bertz CT molecular complexity index is 306. The van der Waals surface area contributed by atoms with Gasteiger partial charge in [0.2, 0.25) is 0 Å². The highest BCUT2D eigenvalue weighted by molar-refractivity contribution is 8.00. The fourth-order valence-electron chi connectivity index (χ4n) is 1.47. The van der Waals surface area contributed by atoms with E-state index in [1.807, 2.05) is 23.5 Å². The molecule has 0 aromatic carbocycles. The van der Waals surface area contributed by atoms with Crippen LogP contribution >= 0.6 is 11.8 Å². The second-order valence-corrected chi connectivity index (χ2v) is 4.94. The molecule has 6 heteroatoms. The van der Waals surface area contributed by atoms with Gasteiger partial charge in [0, 0.05) is 4.75 Å². The van der Waals surface area contributed by atoms with Crippen molar-refractivity contribution in [2.45, 2.75) is 30.7 Å². The molecule has 0 radical (unpaired) electrons. The summed E-state index contributed by atoms with van der Waals surface area (Å²) < 4.78 is 2.33. The van der Waals surface area contributed by atoms with Gasteiger partial charge in [0.15, 0.2) is 5.82 Å². The van der Waals surface area contributed by atoms with Gasteiger partial charge in [-0.25, -0.2) is 4.68 Å². The smallest absolute Gasteiger partial charge is 0.165 e. The summed E-state index contributed by atoms with van der Waals surface area (Å²) in [6.07, 6.45) is 4.73. The summed E-state index contributed by atoms with van der Waals surface area (Å²) in [5, 5.41) is 14.8. The lowest BCUT2D eigenvalue weighted by atomic mass is 10.4. The molecule has 1 aliphatic carbocycles. The van der Waals surface area contributed by atoms with Gasteiger partial charge in [0.05, 0.1) is 13.1 Å². The highest BCUT2D eigenvalue weighted by atomic mass is 32.2. The molecule has 0 aliphatic heterocycles. The fraction of sp³-hybridized carbons (Fsp3) is 0.875. The monoisotopic (exact) mass is 213 g/mol. The van der Waals surface area contributed by atoms with Gasteiger partial charge in [-0.05, 0) is 36.6 Å². The van der Waals surface area contributed by atoms with Gasteiger partial charge < -0.3 is 5.32 Å². The second-order valence-electron chi connectivity index (χ2n) is 3.67. The van der Waals surface area contributed by atoms with Gasteiger partial charge in [-0.3, -0.25) is 0 Å². The van der Waals surface area contributed by atoms with E-state index in [9.17, 15) is 0 Å². The van der Waals surface area contributed by atoms with Crippen molar-refractivity contribution in [3.05, 3.63) is 5.82 Å². The first kappa shape index (κ1) is 9.92. The van der Waals surface area contributed by atoms with E-state index in [1.165, 1.54) is 12.8 Å². The molecule has 1 saturated carbocycles. The van der Waals surface area contributed by atoms with Gasteiger partial charge in [-0.1, -0.05) is 0 Å². The molecule has 1 fully saturated rings. The fourth-order valence-corrected chi connectivity index (χ4v) is 2.23. The Kier molecular flexibility index (Phi) is 2.73. The van der Waals surface area contributed by atoms with Crippen LogP contribution in [0.5, 0.6) is 0 Å². The number of tetrazole rings is 1. The van der Waals surface area contributed by atoms with E-state index in [0.717, 1.165) is 18.9 Å². The predicted octanol–water partition coefficient (Wildman–Crippen LogP) is 0.288. The van der Waals surface area contributed by atoms with Crippen molar-refractivity contribution in [1.82, 2.24) is 25.5 Å². The molecule has 0 spiro atoms. The highest BCUT2D eigenvalue weighted by Crippen LogP contribution is 2.48. The van der Waals surface area contributed by atoms with Crippen LogP contribution in [0.1, 0.15) is 18.7 Å². The third kappa shape index (κ3) is 1.90. The van der Waals surface area contributed by atoms with E-state index >= 15 is 0 Å². The molecule has 78 valence electrons. The lowest BCUT2D eigenvalue weighted by Crippen LogP contribution is -2.20. The van der Waals surface area contributed by atoms with Crippen LogP contribution in [0.15, 0.2) is 0 Å². The lowest BCUT2D eigenvalue weighted by molar-refractivity contribution is 0.535. The van der Waals surface area contributed by atoms with Crippen molar-refractivity contribution in [2.75, 3.05) is 13.3 Å². The topological polar surface area (TPSA) is 55.6 Å². The first-order chi connectivity index (χ1) is 6.79. The molecule has 5 nitrogen and oxygen atoms in total. The second kappa shape index (κ2) is 3.86. The zero-order valence-electron chi connectivity index (χ0n) is 8.53. The number of nitrogens with zero attached hydrogens (tertiary/aromatic N) is 4. The molecule has 2 rings (SSSR count). The Labute approximate surface area is 87.6 Å². The third-order valence-corrected chi connectivity index (χ3v) is 4.02. The summed E-state index contributed by atoms with van der Waals surface area (Å²) in [6.45, 7) is 1.68. The quantitative estimate of drug-likeness (QED) is 0.762. The van der Waals surface area contributed by atoms with Crippen LogP contribution in [0.25, 0.3) is 0 Å². The summed E-state index contributed by atoms with van der Waals surface area (Å²) in [6, 6.07) is 0. The van der Waals surface area contributed by atoms with Crippen LogP contribution in [0, 0.1) is 0 Å². The van der Waals surface area contributed by atoms with Crippen LogP contribution in [-0.4, -0.2) is 38.3 Å². The standard InChI is InChI=1S/C8H15N5S/c1-9-5-7-10-11-12-13(7)6-8(14-2)3-4-8/h9H,3-6H2,1-2H3. The number of rotatable bonds is 5. The molecule has 14 heavy (non-hydrogen) atoms. The number of aromatic nitrogens is 4. The van der Waals surface area contributed by atoms with Gasteiger partial charge in [0.25, 0.3) is 0 Å². The molecule has 1 heterocycles. The molecule has 1 N–H and O–H groups in total. The van der Waals surface area contributed by atoms with E-state index in [-0.39, 0.29) is 0 Å². The Morgan fingerprint density at radius 1 is 1.57 bits per heavy atom. The van der Waals surface area contributed by atoms with Crippen molar-refractivity contribution in [2.24, 2.45) is 0 Å². The number of thioether (sulfide) groups is 1. The molecular weight excluding hydrogens is 198 g/mol. The predicted molar refractivity (Wildman–Crippen MR) is 56.1 cm³/mol. The molecule has 1 aromatic heterocycles. The van der Waals surface area contributed by atoms with Crippen LogP contribution in [-0.2, 0) is 13.1 Å². The zero-order chi connectivity index (χ0) is 10.0. The van der Waals surface area contributed by atoms with E-state index < -0.39 is 0 Å². The summed E-state index contributed by atoms with van der Waals surface area (Å²) in [5.74, 6) is 0.924. The maximum atomic E-state index is 4.01. The van der Waals surface area contributed by atoms with Gasteiger partial charge >= 0.3 is 0 Å². The number of nitrogens with one attached hydrogen (secondary N) is 1. The van der Waals surface area contributed by atoms with Gasteiger partial charge in [-0.15, -0.1) is 5.10 Å². The van der Waals surface area contributed by atoms with Crippen LogP contribution in [0.2, 0.25) is 0 Å². The van der Waals surface area contributed by atoms with Crippen LogP contribution in [0.4, 0.5) is 0 Å². The van der Waals surface area contributed by atoms with E-state index in [0.29, 0.717) is 4.75 Å². The molecular formula is C8H15N5S. The van der Waals surface area contributed by atoms with Crippen LogP contribution in [0.3, 0.4) is 0 Å². The Balaban J connectivity index is 2.05. The normalized spacial score (nSPS) is 18.4. The van der Waals surface area contributed by atoms with Crippen molar-refractivity contribution >= 4 is 11.8 Å². The van der Waals surface area contributed by atoms with Crippen molar-refractivity contribution in [3.63, 3.8) is 0 Å². The highest BCUT2D eigenvalue weighted by Gasteiger charge is 2.43. The first-order valence-electron chi connectivity index (χ1n) is 4.74. The molecule has 0 amide bonds. The maximum absolute atomic E-state index is 4.01. The van der Waals surface area contributed by atoms with E-state index in [4.69, 9.17) is 0 Å². The average molecular weight is 213 g/mol. The molecule has 0 atom stereocenters. The number of hydrogen-bond acceptors (Lipinski definition) is 5. The van der Waals surface area contributed by atoms with Crippen molar-refractivity contribution in [3.8, 4) is 0 Å². The largest absolute Gasteiger partial charge is 0.313 e. The first-order valence-corrected chi connectivity index (χ1v) is 5.97. The molecule has 1 aliphatic rings. The van der Waals surface area contributed by atoms with E-state index in [2.05, 4.69) is 27.1 Å². The average Bonchev–Trinajstić information content (AvgIpc) is 2.84. The molecule has 0 unspecified atom stereocenters. The third-order valence-electron chi connectivity index (χ3n) is 2.62. The van der Waals surface area contributed by atoms with Gasteiger partial charge in [0.1, 0.15) is 0 Å². The molecule has 1 aromatic rings. The van der Waals surface area contributed by atoms with Crippen LogP contribution < -0.4 is 5.32 Å². The van der Waals surface area contributed by atoms with Crippen molar-refractivity contribution < 1.29 is 0 Å². The van der Waals surface area contributed by atoms with Gasteiger partial charge in [-0.2, -0.15) is 11.8 Å². The zero-order valence-corrected chi connectivity index (χ0v) is 9.34. The SMILES string of the molecule is CNCc1nnnn1CC1(SC)CC1. The minimum atomic E-state index is 0.415. The summed E-state index contributed by atoms with van der Waals surface area (Å²) in [4.78, 5) is 0. The summed E-state index contributed by atoms with van der Waals surface area (Å²) in [5.41, 5.74) is 0. The van der Waals surface area contributed by atoms with E-state index in [1.54, 1.807) is 0 Å². The summed E-state index contributed by atoms with van der Waals surface area (Å²) in [7, 11) is 1.90.